The molecule has 1 aromatic rings. The molecule has 1 aliphatic rings. The predicted molar refractivity (Wildman–Crippen MR) is 63.5 cm³/mol. The zero-order chi connectivity index (χ0) is 12.3. The first kappa shape index (κ1) is 11.9. The number of amides is 1. The Labute approximate surface area is 100 Å². The Morgan fingerprint density at radius 2 is 2.35 bits per heavy atom. The highest BCUT2D eigenvalue weighted by atomic mass is 16.5. The minimum Gasteiger partial charge on any atom is -0.384 e. The number of methoxy groups -OCH3 is 1. The number of carbonyl (C=O) groups is 1. The molecule has 0 saturated carbocycles. The van der Waals surface area contributed by atoms with E-state index in [4.69, 9.17) is 10.5 Å². The van der Waals surface area contributed by atoms with Crippen molar-refractivity contribution in [2.75, 3.05) is 32.5 Å². The van der Waals surface area contributed by atoms with Gasteiger partial charge >= 0.3 is 0 Å². The van der Waals surface area contributed by atoms with E-state index >= 15 is 0 Å². The molecule has 1 aromatic heterocycles. The van der Waals surface area contributed by atoms with Crippen LogP contribution in [0.5, 0.6) is 0 Å². The summed E-state index contributed by atoms with van der Waals surface area (Å²) in [7, 11) is 1.71. The first-order chi connectivity index (χ1) is 8.22. The van der Waals surface area contributed by atoms with Gasteiger partial charge in [-0.1, -0.05) is 0 Å². The van der Waals surface area contributed by atoms with E-state index in [9.17, 15) is 4.79 Å². The van der Waals surface area contributed by atoms with Crippen molar-refractivity contribution in [3.63, 3.8) is 0 Å². The fourth-order valence-corrected chi connectivity index (χ4v) is 2.18. The van der Waals surface area contributed by atoms with Gasteiger partial charge in [0.05, 0.1) is 6.20 Å². The summed E-state index contributed by atoms with van der Waals surface area (Å²) in [4.78, 5) is 13.9. The summed E-state index contributed by atoms with van der Waals surface area (Å²) in [6.07, 6.45) is 3.45. The Balaban J connectivity index is 1.93. The fraction of sp³-hybridized carbons (Fsp3) is 0.636. The maximum absolute atomic E-state index is 12.1. The summed E-state index contributed by atoms with van der Waals surface area (Å²) in [5, 5.41) is 6.34. The van der Waals surface area contributed by atoms with Gasteiger partial charge in [0.1, 0.15) is 11.4 Å². The normalized spacial score (nSPS) is 17.4. The van der Waals surface area contributed by atoms with E-state index < -0.39 is 0 Å². The summed E-state index contributed by atoms with van der Waals surface area (Å²) in [6, 6.07) is 0. The molecular weight excluding hydrogens is 220 g/mol. The molecule has 1 aliphatic heterocycles. The van der Waals surface area contributed by atoms with Crippen LogP contribution < -0.4 is 5.73 Å². The maximum atomic E-state index is 12.1. The van der Waals surface area contributed by atoms with Crippen LogP contribution in [0.4, 0.5) is 5.82 Å². The molecule has 0 bridgehead atoms. The first-order valence-electron chi connectivity index (χ1n) is 5.79. The molecule has 1 amide bonds. The molecule has 0 radical (unpaired) electrons. The van der Waals surface area contributed by atoms with Gasteiger partial charge in [0.2, 0.25) is 0 Å². The van der Waals surface area contributed by atoms with E-state index in [0.717, 1.165) is 32.5 Å². The lowest BCUT2D eigenvalue weighted by Crippen LogP contribution is -2.39. The van der Waals surface area contributed by atoms with Gasteiger partial charge in [-0.25, -0.2) is 0 Å². The molecule has 0 atom stereocenters. The number of anilines is 1. The third kappa shape index (κ3) is 2.58. The largest absolute Gasteiger partial charge is 0.384 e. The molecule has 6 heteroatoms. The van der Waals surface area contributed by atoms with Gasteiger partial charge in [0, 0.05) is 26.8 Å². The Hall–Kier alpha value is -1.56. The number of nitrogens with two attached hydrogens (primary N) is 1. The number of nitrogens with zero attached hydrogens (tertiary/aromatic N) is 2. The van der Waals surface area contributed by atoms with Crippen molar-refractivity contribution in [3.8, 4) is 0 Å². The minimum absolute atomic E-state index is 0.0351. The monoisotopic (exact) mass is 238 g/mol. The summed E-state index contributed by atoms with van der Waals surface area (Å²) in [5.74, 6) is 0.867. The van der Waals surface area contributed by atoms with Gasteiger partial charge in [-0.15, -0.1) is 0 Å². The lowest BCUT2D eigenvalue weighted by Gasteiger charge is -2.31. The number of hydrogen-bond donors (Lipinski definition) is 2. The van der Waals surface area contributed by atoms with Crippen LogP contribution in [0.2, 0.25) is 0 Å². The molecule has 17 heavy (non-hydrogen) atoms. The van der Waals surface area contributed by atoms with Crippen LogP contribution >= 0.6 is 0 Å². The molecule has 0 spiro atoms. The van der Waals surface area contributed by atoms with E-state index in [0.29, 0.717) is 17.3 Å². The summed E-state index contributed by atoms with van der Waals surface area (Å²) >= 11 is 0. The van der Waals surface area contributed by atoms with Crippen molar-refractivity contribution in [2.24, 2.45) is 5.92 Å². The van der Waals surface area contributed by atoms with Crippen LogP contribution in [0.25, 0.3) is 0 Å². The SMILES string of the molecule is COCC1CCN(C(=O)c2cn[nH]c2N)CC1. The van der Waals surface area contributed by atoms with Crippen molar-refractivity contribution in [1.82, 2.24) is 15.1 Å². The standard InChI is InChI=1S/C11H18N4O2/c1-17-7-8-2-4-15(5-3-8)11(16)9-6-13-14-10(9)12/h6,8H,2-5,7H2,1H3,(H3,12,13,14). The molecule has 2 rings (SSSR count). The average Bonchev–Trinajstić information content (AvgIpc) is 2.76. The van der Waals surface area contributed by atoms with Crippen LogP contribution in [0.3, 0.4) is 0 Å². The molecule has 1 saturated heterocycles. The molecule has 3 N–H and O–H groups in total. The van der Waals surface area contributed by atoms with Crippen molar-refractivity contribution in [1.29, 1.82) is 0 Å². The number of ether oxygens (including phenoxy) is 1. The number of nitrogen functional groups attached to an aromatic ring is 1. The third-order valence-electron chi connectivity index (χ3n) is 3.20. The summed E-state index contributed by atoms with van der Waals surface area (Å²) in [5.41, 5.74) is 6.11. The average molecular weight is 238 g/mol. The minimum atomic E-state index is -0.0351. The second-order valence-electron chi connectivity index (χ2n) is 4.39. The summed E-state index contributed by atoms with van der Waals surface area (Å²) < 4.78 is 5.13. The third-order valence-corrected chi connectivity index (χ3v) is 3.20. The molecule has 6 nitrogen and oxygen atoms in total. The second kappa shape index (κ2) is 5.18. The van der Waals surface area contributed by atoms with Crippen LogP contribution in [0.1, 0.15) is 23.2 Å². The smallest absolute Gasteiger partial charge is 0.259 e. The molecule has 0 aromatic carbocycles. The van der Waals surface area contributed by atoms with E-state index in [1.54, 1.807) is 7.11 Å². The van der Waals surface area contributed by atoms with Crippen molar-refractivity contribution >= 4 is 11.7 Å². The van der Waals surface area contributed by atoms with Gasteiger partial charge in [-0.05, 0) is 18.8 Å². The van der Waals surface area contributed by atoms with Gasteiger partial charge in [-0.2, -0.15) is 5.10 Å². The molecule has 1 fully saturated rings. The molecule has 94 valence electrons. The van der Waals surface area contributed by atoms with Gasteiger partial charge < -0.3 is 15.4 Å². The number of piperidine rings is 1. The fourth-order valence-electron chi connectivity index (χ4n) is 2.18. The number of hydrogen-bond acceptors (Lipinski definition) is 4. The molecule has 0 aliphatic carbocycles. The number of H-pyrrole nitrogens is 1. The van der Waals surface area contributed by atoms with Gasteiger partial charge in [0.25, 0.3) is 5.91 Å². The Morgan fingerprint density at radius 3 is 2.88 bits per heavy atom. The number of carbonyl (C=O) groups excluding carboxylic acids is 1. The topological polar surface area (TPSA) is 84.2 Å². The summed E-state index contributed by atoms with van der Waals surface area (Å²) in [6.45, 7) is 2.30. The molecule has 2 heterocycles. The van der Waals surface area contributed by atoms with Crippen LogP contribution in [0, 0.1) is 5.92 Å². The van der Waals surface area contributed by atoms with E-state index in [1.807, 2.05) is 4.90 Å². The lowest BCUT2D eigenvalue weighted by atomic mass is 9.97. The van der Waals surface area contributed by atoms with Gasteiger partial charge in [0.15, 0.2) is 0 Å². The highest BCUT2D eigenvalue weighted by Crippen LogP contribution is 2.20. The lowest BCUT2D eigenvalue weighted by molar-refractivity contribution is 0.0614. The quantitative estimate of drug-likeness (QED) is 0.802. The van der Waals surface area contributed by atoms with Gasteiger partial charge in [-0.3, -0.25) is 9.89 Å². The number of nitrogens with one attached hydrogen (secondary N) is 1. The first-order valence-corrected chi connectivity index (χ1v) is 5.79. The second-order valence-corrected chi connectivity index (χ2v) is 4.39. The Morgan fingerprint density at radius 1 is 1.65 bits per heavy atom. The predicted octanol–water partition coefficient (Wildman–Crippen LogP) is 0.490. The van der Waals surface area contributed by atoms with Crippen LogP contribution in [-0.2, 0) is 4.74 Å². The van der Waals surface area contributed by atoms with Crippen molar-refractivity contribution in [2.45, 2.75) is 12.8 Å². The van der Waals surface area contributed by atoms with E-state index in [-0.39, 0.29) is 5.91 Å². The van der Waals surface area contributed by atoms with Crippen molar-refractivity contribution in [3.05, 3.63) is 11.8 Å². The highest BCUT2D eigenvalue weighted by molar-refractivity contribution is 5.98. The highest BCUT2D eigenvalue weighted by Gasteiger charge is 2.25. The van der Waals surface area contributed by atoms with Crippen molar-refractivity contribution < 1.29 is 9.53 Å². The Kier molecular flexibility index (Phi) is 3.63. The number of aromatic nitrogens is 2. The zero-order valence-corrected chi connectivity index (χ0v) is 9.98. The number of rotatable bonds is 3. The number of aromatic amines is 1. The molecular formula is C11H18N4O2. The van der Waals surface area contributed by atoms with Crippen LogP contribution in [-0.4, -0.2) is 47.8 Å². The Bertz CT molecular complexity index is 383. The molecule has 0 unspecified atom stereocenters. The van der Waals surface area contributed by atoms with E-state index in [2.05, 4.69) is 10.2 Å². The van der Waals surface area contributed by atoms with Crippen LogP contribution in [0.15, 0.2) is 6.20 Å². The zero-order valence-electron chi connectivity index (χ0n) is 9.98. The van der Waals surface area contributed by atoms with E-state index in [1.165, 1.54) is 6.20 Å². The maximum Gasteiger partial charge on any atom is 0.259 e. The number of likely N-dealkylation sites (tertiary alicyclic amines) is 1.